The molecule has 2 aromatic carbocycles. The average molecular weight is 418 g/mol. The number of aliphatic hydroxyl groups is 1. The van der Waals surface area contributed by atoms with E-state index in [1.165, 1.54) is 24.3 Å². The molecule has 2 unspecified atom stereocenters. The maximum absolute atomic E-state index is 12.8. The Morgan fingerprint density at radius 2 is 1.93 bits per heavy atom. The van der Waals surface area contributed by atoms with Gasteiger partial charge in [-0.05, 0) is 38.2 Å². The molecule has 4 N–H and O–H groups in total. The summed E-state index contributed by atoms with van der Waals surface area (Å²) in [5.74, 6) is -0.763. The van der Waals surface area contributed by atoms with Crippen molar-refractivity contribution in [2.75, 3.05) is 20.2 Å². The van der Waals surface area contributed by atoms with Gasteiger partial charge in [0.2, 0.25) is 0 Å². The Balaban J connectivity index is 2.01. The van der Waals surface area contributed by atoms with Gasteiger partial charge in [-0.2, -0.15) is 0 Å². The standard InChI is InChI=1S/C21H20ClNO6/c1-23-5-4-12(14(23)9-24)19-15(26)7-16(27)20-17(28)8-18(29-21(19)20)11-3-2-10(25)6-13(11)22/h2-3,6-8,12,14,24-27H,4-5,9H2,1H3. The summed E-state index contributed by atoms with van der Waals surface area (Å²) in [5, 5.41) is 40.5. The Hall–Kier alpha value is -2.74. The van der Waals surface area contributed by atoms with Crippen LogP contribution in [0.2, 0.25) is 5.02 Å². The van der Waals surface area contributed by atoms with Gasteiger partial charge in [-0.1, -0.05) is 11.6 Å². The first kappa shape index (κ1) is 19.6. The number of aromatic hydroxyl groups is 3. The van der Waals surface area contributed by atoms with Crippen molar-refractivity contribution in [3.63, 3.8) is 0 Å². The molecule has 29 heavy (non-hydrogen) atoms. The fraction of sp³-hybridized carbons (Fsp3) is 0.286. The maximum atomic E-state index is 12.8. The Morgan fingerprint density at radius 3 is 2.62 bits per heavy atom. The molecule has 1 aliphatic heterocycles. The lowest BCUT2D eigenvalue weighted by atomic mass is 9.89. The Bertz CT molecular complexity index is 1160. The van der Waals surface area contributed by atoms with Crippen LogP contribution in [0.4, 0.5) is 0 Å². The highest BCUT2D eigenvalue weighted by Gasteiger charge is 2.36. The van der Waals surface area contributed by atoms with Crippen molar-refractivity contribution in [1.29, 1.82) is 0 Å². The predicted molar refractivity (Wildman–Crippen MR) is 109 cm³/mol. The zero-order chi connectivity index (χ0) is 20.9. The zero-order valence-corrected chi connectivity index (χ0v) is 16.3. The number of fused-ring (bicyclic) bond motifs is 1. The second-order valence-corrected chi connectivity index (χ2v) is 7.70. The third-order valence-corrected chi connectivity index (χ3v) is 5.91. The van der Waals surface area contributed by atoms with Crippen LogP contribution in [0, 0.1) is 0 Å². The molecular weight excluding hydrogens is 398 g/mol. The highest BCUT2D eigenvalue weighted by atomic mass is 35.5. The normalized spacial score (nSPS) is 19.8. The number of halogens is 1. The van der Waals surface area contributed by atoms with Crippen LogP contribution in [0.15, 0.2) is 39.5 Å². The molecule has 0 bridgehead atoms. The minimum absolute atomic E-state index is 0.0300. The highest BCUT2D eigenvalue weighted by molar-refractivity contribution is 6.33. The van der Waals surface area contributed by atoms with E-state index in [-0.39, 0.29) is 57.6 Å². The number of hydrogen-bond acceptors (Lipinski definition) is 7. The number of likely N-dealkylation sites (N-methyl/N-ethyl adjacent to an activating group) is 1. The van der Waals surface area contributed by atoms with Crippen LogP contribution in [0.25, 0.3) is 22.3 Å². The monoisotopic (exact) mass is 417 g/mol. The number of phenolic OH excluding ortho intramolecular Hbond substituents is 3. The fourth-order valence-electron chi connectivity index (χ4n) is 4.13. The summed E-state index contributed by atoms with van der Waals surface area (Å²) in [6.07, 6.45) is 0.642. The van der Waals surface area contributed by atoms with E-state index in [0.29, 0.717) is 24.1 Å². The molecule has 1 aromatic heterocycles. The molecular formula is C21H20ClNO6. The van der Waals surface area contributed by atoms with E-state index in [1.54, 1.807) is 0 Å². The van der Waals surface area contributed by atoms with Crippen LogP contribution in [0.3, 0.4) is 0 Å². The van der Waals surface area contributed by atoms with Crippen molar-refractivity contribution in [1.82, 2.24) is 4.90 Å². The van der Waals surface area contributed by atoms with E-state index < -0.39 is 5.43 Å². The average Bonchev–Trinajstić information content (AvgIpc) is 3.01. The van der Waals surface area contributed by atoms with Crippen LogP contribution >= 0.6 is 11.6 Å². The molecule has 2 atom stereocenters. The van der Waals surface area contributed by atoms with Crippen molar-refractivity contribution >= 4 is 22.6 Å². The molecule has 0 saturated carbocycles. The quantitative estimate of drug-likeness (QED) is 0.518. The minimum Gasteiger partial charge on any atom is -0.508 e. The molecule has 8 heteroatoms. The van der Waals surface area contributed by atoms with E-state index in [4.69, 9.17) is 16.0 Å². The molecule has 0 spiro atoms. The van der Waals surface area contributed by atoms with Gasteiger partial charge in [-0.3, -0.25) is 4.79 Å². The Morgan fingerprint density at radius 1 is 1.17 bits per heavy atom. The maximum Gasteiger partial charge on any atom is 0.197 e. The molecule has 4 rings (SSSR count). The molecule has 1 aliphatic rings. The van der Waals surface area contributed by atoms with E-state index in [9.17, 15) is 25.2 Å². The largest absolute Gasteiger partial charge is 0.508 e. The molecule has 152 valence electrons. The first-order valence-electron chi connectivity index (χ1n) is 9.14. The van der Waals surface area contributed by atoms with Gasteiger partial charge in [0.05, 0.1) is 11.6 Å². The van der Waals surface area contributed by atoms with Gasteiger partial charge in [0.15, 0.2) is 5.43 Å². The molecule has 2 heterocycles. The smallest absolute Gasteiger partial charge is 0.197 e. The van der Waals surface area contributed by atoms with E-state index >= 15 is 0 Å². The molecule has 1 fully saturated rings. The third-order valence-electron chi connectivity index (χ3n) is 5.60. The number of rotatable bonds is 3. The number of hydrogen-bond donors (Lipinski definition) is 4. The van der Waals surface area contributed by atoms with Crippen molar-refractivity contribution in [2.24, 2.45) is 0 Å². The molecule has 0 radical (unpaired) electrons. The van der Waals surface area contributed by atoms with Crippen molar-refractivity contribution < 1.29 is 24.8 Å². The van der Waals surface area contributed by atoms with Gasteiger partial charge in [-0.15, -0.1) is 0 Å². The summed E-state index contributed by atoms with van der Waals surface area (Å²) in [6, 6.07) is 6.35. The fourth-order valence-corrected chi connectivity index (χ4v) is 4.40. The lowest BCUT2D eigenvalue weighted by molar-refractivity contribution is 0.172. The lowest BCUT2D eigenvalue weighted by Crippen LogP contribution is -2.32. The number of benzene rings is 2. The first-order valence-corrected chi connectivity index (χ1v) is 9.52. The zero-order valence-electron chi connectivity index (χ0n) is 15.6. The number of nitrogens with zero attached hydrogens (tertiary/aromatic N) is 1. The minimum atomic E-state index is -0.490. The summed E-state index contributed by atoms with van der Waals surface area (Å²) in [5.41, 5.74) is 0.332. The van der Waals surface area contributed by atoms with Crippen LogP contribution in [-0.4, -0.2) is 51.6 Å². The second-order valence-electron chi connectivity index (χ2n) is 7.30. The van der Waals surface area contributed by atoms with Crippen LogP contribution < -0.4 is 5.43 Å². The van der Waals surface area contributed by atoms with Crippen molar-refractivity contribution in [3.05, 3.63) is 51.1 Å². The SMILES string of the molecule is CN1CCC(c2c(O)cc(O)c3c(=O)cc(-c4ccc(O)cc4Cl)oc23)C1CO. The third kappa shape index (κ3) is 3.21. The van der Waals surface area contributed by atoms with Crippen molar-refractivity contribution in [3.8, 4) is 28.6 Å². The molecule has 0 amide bonds. The topological polar surface area (TPSA) is 114 Å². The van der Waals surface area contributed by atoms with E-state index in [1.807, 2.05) is 11.9 Å². The number of phenols is 3. The molecule has 0 aliphatic carbocycles. The predicted octanol–water partition coefficient (Wildman–Crippen LogP) is 3.01. The van der Waals surface area contributed by atoms with Gasteiger partial charge >= 0.3 is 0 Å². The van der Waals surface area contributed by atoms with E-state index in [2.05, 4.69) is 0 Å². The van der Waals surface area contributed by atoms with Gasteiger partial charge in [0, 0.05) is 35.2 Å². The summed E-state index contributed by atoms with van der Waals surface area (Å²) < 4.78 is 6.00. The Labute approximate surface area is 171 Å². The van der Waals surface area contributed by atoms with Gasteiger partial charge in [0.1, 0.15) is 34.0 Å². The van der Waals surface area contributed by atoms with E-state index in [0.717, 1.165) is 6.07 Å². The summed E-state index contributed by atoms with van der Waals surface area (Å²) in [4.78, 5) is 14.8. The van der Waals surface area contributed by atoms with Crippen LogP contribution in [-0.2, 0) is 0 Å². The van der Waals surface area contributed by atoms with Gasteiger partial charge in [0.25, 0.3) is 0 Å². The molecule has 7 nitrogen and oxygen atoms in total. The van der Waals surface area contributed by atoms with Crippen LogP contribution in [0.1, 0.15) is 17.9 Å². The molecule has 1 saturated heterocycles. The van der Waals surface area contributed by atoms with Crippen LogP contribution in [0.5, 0.6) is 17.2 Å². The van der Waals surface area contributed by atoms with Crippen molar-refractivity contribution in [2.45, 2.75) is 18.4 Å². The number of aliphatic hydroxyl groups excluding tert-OH is 1. The summed E-state index contributed by atoms with van der Waals surface area (Å²) in [7, 11) is 1.87. The second kappa shape index (κ2) is 7.26. The summed E-state index contributed by atoms with van der Waals surface area (Å²) >= 11 is 6.20. The van der Waals surface area contributed by atoms with Gasteiger partial charge in [-0.25, -0.2) is 0 Å². The Kier molecular flexibility index (Phi) is 4.90. The first-order chi connectivity index (χ1) is 13.8. The summed E-state index contributed by atoms with van der Waals surface area (Å²) in [6.45, 7) is 0.572. The number of likely N-dealkylation sites (tertiary alicyclic amines) is 1. The lowest BCUT2D eigenvalue weighted by Gasteiger charge is -2.24. The molecule has 3 aromatic rings. The highest BCUT2D eigenvalue weighted by Crippen LogP contribution is 2.44. The van der Waals surface area contributed by atoms with Gasteiger partial charge < -0.3 is 29.7 Å².